The van der Waals surface area contributed by atoms with Gasteiger partial charge in [0.1, 0.15) is 6.33 Å². The summed E-state index contributed by atoms with van der Waals surface area (Å²) < 4.78 is 0. The fourth-order valence-corrected chi connectivity index (χ4v) is 2.06. The Morgan fingerprint density at radius 1 is 1.27 bits per heavy atom. The van der Waals surface area contributed by atoms with E-state index in [0.29, 0.717) is 6.54 Å². The molecule has 0 amide bonds. The molecule has 6 heteroatoms. The summed E-state index contributed by atoms with van der Waals surface area (Å²) in [4.78, 5) is 8.80. The molecular weight excluding hydrogens is 276 g/mol. The molecule has 118 valence electrons. The molecule has 0 aliphatic heterocycles. The van der Waals surface area contributed by atoms with Crippen molar-refractivity contribution in [3.63, 3.8) is 0 Å². The summed E-state index contributed by atoms with van der Waals surface area (Å²) in [5.74, 6) is 1.64. The van der Waals surface area contributed by atoms with E-state index in [-0.39, 0.29) is 0 Å². The number of nitrogens with zero attached hydrogens (tertiary/aromatic N) is 3. The minimum absolute atomic E-state index is 0.628. The first-order chi connectivity index (χ1) is 10.8. The van der Waals surface area contributed by atoms with Gasteiger partial charge in [0.2, 0.25) is 0 Å². The summed E-state index contributed by atoms with van der Waals surface area (Å²) >= 11 is 0. The van der Waals surface area contributed by atoms with Crippen molar-refractivity contribution < 1.29 is 0 Å². The van der Waals surface area contributed by atoms with Gasteiger partial charge in [-0.2, -0.15) is 5.10 Å². The van der Waals surface area contributed by atoms with Crippen LogP contribution in [-0.4, -0.2) is 34.2 Å². The molecule has 0 aliphatic rings. The van der Waals surface area contributed by atoms with Crippen LogP contribution in [0, 0.1) is 0 Å². The molecule has 0 radical (unpaired) electrons. The average Bonchev–Trinajstić information content (AvgIpc) is 3.07. The van der Waals surface area contributed by atoms with Gasteiger partial charge in [0.05, 0.1) is 6.54 Å². The normalized spacial score (nSPS) is 11.5. The van der Waals surface area contributed by atoms with Gasteiger partial charge in [0.15, 0.2) is 11.8 Å². The smallest absolute Gasteiger partial charge is 0.191 e. The average molecular weight is 300 g/mol. The quantitative estimate of drug-likeness (QED) is 0.416. The van der Waals surface area contributed by atoms with Gasteiger partial charge < -0.3 is 10.6 Å². The largest absolute Gasteiger partial charge is 0.357 e. The maximum Gasteiger partial charge on any atom is 0.191 e. The van der Waals surface area contributed by atoms with Crippen molar-refractivity contribution in [2.75, 3.05) is 13.1 Å². The van der Waals surface area contributed by atoms with E-state index in [0.717, 1.165) is 42.4 Å². The van der Waals surface area contributed by atoms with E-state index in [9.17, 15) is 0 Å². The number of nitrogens with one attached hydrogen (secondary N) is 3. The molecule has 0 atom stereocenters. The predicted octanol–water partition coefficient (Wildman–Crippen LogP) is 2.33. The van der Waals surface area contributed by atoms with E-state index in [1.54, 1.807) is 0 Å². The molecule has 0 aliphatic carbocycles. The monoisotopic (exact) mass is 300 g/mol. The Hall–Kier alpha value is -2.37. The van der Waals surface area contributed by atoms with Crippen molar-refractivity contribution in [3.8, 4) is 11.4 Å². The predicted molar refractivity (Wildman–Crippen MR) is 89.5 cm³/mol. The maximum absolute atomic E-state index is 4.63. The third kappa shape index (κ3) is 4.87. The minimum atomic E-state index is 0.628. The lowest BCUT2D eigenvalue weighted by atomic mass is 10.1. The lowest BCUT2D eigenvalue weighted by Gasteiger charge is -2.10. The van der Waals surface area contributed by atoms with E-state index in [4.69, 9.17) is 0 Å². The van der Waals surface area contributed by atoms with E-state index >= 15 is 0 Å². The Labute approximate surface area is 131 Å². The number of hydrogen-bond donors (Lipinski definition) is 3. The summed E-state index contributed by atoms with van der Waals surface area (Å²) in [6.45, 7) is 6.68. The van der Waals surface area contributed by atoms with Crippen LogP contribution in [-0.2, 0) is 6.54 Å². The van der Waals surface area contributed by atoms with Crippen LogP contribution < -0.4 is 10.6 Å². The van der Waals surface area contributed by atoms with Crippen LogP contribution in [0.25, 0.3) is 11.4 Å². The Morgan fingerprint density at radius 3 is 2.91 bits per heavy atom. The van der Waals surface area contributed by atoms with Crippen molar-refractivity contribution in [1.29, 1.82) is 0 Å². The Kier molecular flexibility index (Phi) is 6.41. The summed E-state index contributed by atoms with van der Waals surface area (Å²) in [6, 6.07) is 8.18. The first-order valence-corrected chi connectivity index (χ1v) is 7.80. The molecule has 6 nitrogen and oxygen atoms in total. The Balaban J connectivity index is 2.01. The lowest BCUT2D eigenvalue weighted by molar-refractivity contribution is 0.730. The molecule has 0 unspecified atom stereocenters. The molecular formula is C16H24N6. The molecule has 0 fully saturated rings. The topological polar surface area (TPSA) is 78.0 Å². The third-order valence-corrected chi connectivity index (χ3v) is 3.20. The van der Waals surface area contributed by atoms with Crippen molar-refractivity contribution in [3.05, 3.63) is 36.2 Å². The maximum atomic E-state index is 4.63. The standard InChI is InChI=1S/C16H24N6/c1-3-5-9-18-16(17-4-2)19-11-13-7-6-8-14(10-13)15-20-12-21-22-15/h6-8,10,12H,3-5,9,11H2,1-2H3,(H2,17,18,19)(H,20,21,22). The highest BCUT2D eigenvalue weighted by atomic mass is 15.2. The fraction of sp³-hybridized carbons (Fsp3) is 0.438. The van der Waals surface area contributed by atoms with Gasteiger partial charge in [-0.05, 0) is 25.0 Å². The van der Waals surface area contributed by atoms with Crippen LogP contribution in [0.2, 0.25) is 0 Å². The Morgan fingerprint density at radius 2 is 2.18 bits per heavy atom. The summed E-state index contributed by atoms with van der Waals surface area (Å²) in [5, 5.41) is 13.4. The van der Waals surface area contributed by atoms with Crippen LogP contribution >= 0.6 is 0 Å². The number of guanidine groups is 1. The van der Waals surface area contributed by atoms with E-state index < -0.39 is 0 Å². The SMILES string of the molecule is CCCCNC(=NCc1cccc(-c2ncn[nH]2)c1)NCC. The van der Waals surface area contributed by atoms with Gasteiger partial charge in [-0.15, -0.1) is 0 Å². The van der Waals surface area contributed by atoms with Crippen molar-refractivity contribution in [2.24, 2.45) is 4.99 Å². The van der Waals surface area contributed by atoms with Gasteiger partial charge in [-0.3, -0.25) is 5.10 Å². The summed E-state index contributed by atoms with van der Waals surface area (Å²) in [7, 11) is 0. The molecule has 0 saturated heterocycles. The lowest BCUT2D eigenvalue weighted by Crippen LogP contribution is -2.37. The minimum Gasteiger partial charge on any atom is -0.357 e. The van der Waals surface area contributed by atoms with Gasteiger partial charge in [-0.1, -0.05) is 31.5 Å². The van der Waals surface area contributed by atoms with E-state index in [1.807, 2.05) is 12.1 Å². The third-order valence-electron chi connectivity index (χ3n) is 3.20. The zero-order chi connectivity index (χ0) is 15.6. The van der Waals surface area contributed by atoms with Crippen LogP contribution in [0.1, 0.15) is 32.3 Å². The highest BCUT2D eigenvalue weighted by molar-refractivity contribution is 5.79. The second kappa shape index (κ2) is 8.81. The van der Waals surface area contributed by atoms with Gasteiger partial charge in [0, 0.05) is 18.7 Å². The molecule has 0 saturated carbocycles. The summed E-state index contributed by atoms with van der Waals surface area (Å²) in [5.41, 5.74) is 2.16. The number of unbranched alkanes of at least 4 members (excludes halogenated alkanes) is 1. The first kappa shape index (κ1) is 16.0. The molecule has 1 aromatic heterocycles. The molecule has 0 bridgehead atoms. The molecule has 1 aromatic carbocycles. The molecule has 0 spiro atoms. The number of hydrogen-bond acceptors (Lipinski definition) is 3. The van der Waals surface area contributed by atoms with Gasteiger partial charge in [-0.25, -0.2) is 9.98 Å². The van der Waals surface area contributed by atoms with Gasteiger partial charge >= 0.3 is 0 Å². The zero-order valence-corrected chi connectivity index (χ0v) is 13.3. The van der Waals surface area contributed by atoms with Crippen LogP contribution in [0.15, 0.2) is 35.6 Å². The number of aromatic amines is 1. The molecule has 1 heterocycles. The number of aliphatic imine (C=N–C) groups is 1. The van der Waals surface area contributed by atoms with E-state index in [1.165, 1.54) is 12.7 Å². The fourth-order valence-electron chi connectivity index (χ4n) is 2.06. The van der Waals surface area contributed by atoms with Crippen LogP contribution in [0.4, 0.5) is 0 Å². The van der Waals surface area contributed by atoms with Crippen molar-refractivity contribution in [1.82, 2.24) is 25.8 Å². The van der Waals surface area contributed by atoms with Crippen LogP contribution in [0.5, 0.6) is 0 Å². The molecule has 2 rings (SSSR count). The second-order valence-corrected chi connectivity index (χ2v) is 5.01. The number of H-pyrrole nitrogens is 1. The van der Waals surface area contributed by atoms with Gasteiger partial charge in [0.25, 0.3) is 0 Å². The van der Waals surface area contributed by atoms with Crippen molar-refractivity contribution in [2.45, 2.75) is 33.2 Å². The molecule has 2 aromatic rings. The number of rotatable bonds is 7. The highest BCUT2D eigenvalue weighted by Gasteiger charge is 2.02. The van der Waals surface area contributed by atoms with Crippen LogP contribution in [0.3, 0.4) is 0 Å². The van der Waals surface area contributed by atoms with Crippen molar-refractivity contribution >= 4 is 5.96 Å². The number of benzene rings is 1. The van der Waals surface area contributed by atoms with E-state index in [2.05, 4.69) is 56.8 Å². The Bertz CT molecular complexity index is 576. The molecule has 22 heavy (non-hydrogen) atoms. The molecule has 3 N–H and O–H groups in total. The number of aromatic nitrogens is 3. The second-order valence-electron chi connectivity index (χ2n) is 5.01. The zero-order valence-electron chi connectivity index (χ0n) is 13.3. The summed E-state index contributed by atoms with van der Waals surface area (Å²) in [6.07, 6.45) is 3.83. The first-order valence-electron chi connectivity index (χ1n) is 7.80. The highest BCUT2D eigenvalue weighted by Crippen LogP contribution is 2.15.